The van der Waals surface area contributed by atoms with Crippen molar-refractivity contribution in [1.29, 1.82) is 0 Å². The van der Waals surface area contributed by atoms with Gasteiger partial charge in [-0.05, 0) is 63.7 Å². The van der Waals surface area contributed by atoms with Gasteiger partial charge in [-0.25, -0.2) is 0 Å². The molecule has 0 atom stereocenters. The van der Waals surface area contributed by atoms with Crippen molar-refractivity contribution in [3.63, 3.8) is 0 Å². The smallest absolute Gasteiger partial charge is 0.145 e. The van der Waals surface area contributed by atoms with Crippen molar-refractivity contribution in [2.24, 2.45) is 0 Å². The standard InChI is InChI=1S/C21H28OS/c1-18(10-8-12-20(3)17-22)9-7-11-19(2)15-16-23-21-13-5-4-6-14-21/h4-6,9,12-14,17H,2,7-8,10-11,15-16H2,1,3H3. The lowest BCUT2D eigenvalue weighted by Crippen LogP contribution is -1.86. The Hall–Kier alpha value is -1.54. The molecule has 0 saturated heterocycles. The van der Waals surface area contributed by atoms with Gasteiger partial charge in [0.25, 0.3) is 0 Å². The average Bonchev–Trinajstić information content (AvgIpc) is 2.55. The van der Waals surface area contributed by atoms with Crippen LogP contribution in [0.15, 0.2) is 70.7 Å². The van der Waals surface area contributed by atoms with Crippen molar-refractivity contribution in [3.05, 3.63) is 65.8 Å². The second-order valence-corrected chi connectivity index (χ2v) is 7.02. The van der Waals surface area contributed by atoms with E-state index in [0.29, 0.717) is 0 Å². The third kappa shape index (κ3) is 9.96. The van der Waals surface area contributed by atoms with Crippen LogP contribution in [0.2, 0.25) is 0 Å². The van der Waals surface area contributed by atoms with Crippen LogP contribution in [0.4, 0.5) is 0 Å². The number of hydrogen-bond donors (Lipinski definition) is 0. The second-order valence-electron chi connectivity index (χ2n) is 5.86. The quantitative estimate of drug-likeness (QED) is 0.203. The first kappa shape index (κ1) is 19.5. The molecule has 0 aliphatic carbocycles. The van der Waals surface area contributed by atoms with E-state index in [4.69, 9.17) is 0 Å². The first-order valence-electron chi connectivity index (χ1n) is 8.24. The van der Waals surface area contributed by atoms with Gasteiger partial charge in [0.2, 0.25) is 0 Å². The Balaban J connectivity index is 2.15. The zero-order valence-electron chi connectivity index (χ0n) is 14.4. The van der Waals surface area contributed by atoms with Gasteiger partial charge in [-0.2, -0.15) is 0 Å². The van der Waals surface area contributed by atoms with Crippen LogP contribution in [0.3, 0.4) is 0 Å². The van der Waals surface area contributed by atoms with Gasteiger partial charge in [0.15, 0.2) is 0 Å². The van der Waals surface area contributed by atoms with E-state index in [0.717, 1.165) is 49.7 Å². The van der Waals surface area contributed by atoms with Crippen LogP contribution in [-0.2, 0) is 4.79 Å². The average molecular weight is 329 g/mol. The summed E-state index contributed by atoms with van der Waals surface area (Å²) in [5, 5.41) is 0. The van der Waals surface area contributed by atoms with Gasteiger partial charge >= 0.3 is 0 Å². The van der Waals surface area contributed by atoms with Crippen LogP contribution >= 0.6 is 11.8 Å². The summed E-state index contributed by atoms with van der Waals surface area (Å²) in [7, 11) is 0. The lowest BCUT2D eigenvalue weighted by Gasteiger charge is -2.05. The first-order chi connectivity index (χ1) is 11.1. The van der Waals surface area contributed by atoms with Crippen molar-refractivity contribution in [3.8, 4) is 0 Å². The normalized spacial score (nSPS) is 12.3. The molecule has 0 saturated carbocycles. The predicted molar refractivity (Wildman–Crippen MR) is 103 cm³/mol. The summed E-state index contributed by atoms with van der Waals surface area (Å²) in [5.74, 6) is 1.10. The maximum Gasteiger partial charge on any atom is 0.145 e. The third-order valence-corrected chi connectivity index (χ3v) is 4.66. The first-order valence-corrected chi connectivity index (χ1v) is 9.22. The molecule has 0 heterocycles. The SMILES string of the molecule is C=C(CCC=C(C)CCC=C(C)C=O)CCSc1ccccc1. The highest BCUT2D eigenvalue weighted by Crippen LogP contribution is 2.21. The largest absolute Gasteiger partial charge is 0.298 e. The Labute approximate surface area is 145 Å². The fourth-order valence-electron chi connectivity index (χ4n) is 2.16. The molecule has 0 aliphatic rings. The zero-order chi connectivity index (χ0) is 16.9. The van der Waals surface area contributed by atoms with Crippen molar-refractivity contribution < 1.29 is 4.79 Å². The summed E-state index contributed by atoms with van der Waals surface area (Å²) in [6.45, 7) is 8.20. The Morgan fingerprint density at radius 2 is 1.74 bits per heavy atom. The van der Waals surface area contributed by atoms with E-state index in [1.165, 1.54) is 16.0 Å². The second kappa shape index (κ2) is 12.0. The number of hydrogen-bond acceptors (Lipinski definition) is 2. The Morgan fingerprint density at radius 3 is 2.43 bits per heavy atom. The zero-order valence-corrected chi connectivity index (χ0v) is 15.2. The molecule has 1 aromatic rings. The summed E-state index contributed by atoms with van der Waals surface area (Å²) >= 11 is 1.89. The van der Waals surface area contributed by atoms with E-state index in [1.54, 1.807) is 0 Å². The van der Waals surface area contributed by atoms with Gasteiger partial charge in [0.1, 0.15) is 6.29 Å². The van der Waals surface area contributed by atoms with E-state index in [9.17, 15) is 4.79 Å². The number of carbonyl (C=O) groups is 1. The van der Waals surface area contributed by atoms with Crippen LogP contribution in [0.1, 0.15) is 46.0 Å². The molecule has 0 unspecified atom stereocenters. The minimum absolute atomic E-state index is 0.821. The number of rotatable bonds is 11. The van der Waals surface area contributed by atoms with Gasteiger partial charge in [0, 0.05) is 10.6 Å². The van der Waals surface area contributed by atoms with E-state index in [-0.39, 0.29) is 0 Å². The van der Waals surface area contributed by atoms with E-state index in [1.807, 2.05) is 30.8 Å². The molecule has 0 radical (unpaired) electrons. The van der Waals surface area contributed by atoms with Gasteiger partial charge < -0.3 is 0 Å². The summed E-state index contributed by atoms with van der Waals surface area (Å²) in [6, 6.07) is 10.5. The fraction of sp³-hybridized carbons (Fsp3) is 0.381. The van der Waals surface area contributed by atoms with Gasteiger partial charge in [0.05, 0.1) is 0 Å². The number of aldehydes is 1. The van der Waals surface area contributed by atoms with Gasteiger partial charge in [-0.3, -0.25) is 4.79 Å². The summed E-state index contributed by atoms with van der Waals surface area (Å²) in [5.41, 5.74) is 3.54. The molecule has 0 aromatic heterocycles. The van der Waals surface area contributed by atoms with Crippen molar-refractivity contribution in [2.75, 3.05) is 5.75 Å². The number of benzene rings is 1. The molecule has 1 nitrogen and oxygen atoms in total. The molecule has 23 heavy (non-hydrogen) atoms. The number of carbonyl (C=O) groups excluding carboxylic acids is 1. The minimum atomic E-state index is 0.821. The highest BCUT2D eigenvalue weighted by atomic mass is 32.2. The number of thioether (sulfide) groups is 1. The molecule has 0 N–H and O–H groups in total. The maximum atomic E-state index is 10.5. The van der Waals surface area contributed by atoms with Crippen molar-refractivity contribution >= 4 is 18.0 Å². The number of allylic oxidation sites excluding steroid dienone is 5. The van der Waals surface area contributed by atoms with E-state index < -0.39 is 0 Å². The van der Waals surface area contributed by atoms with Crippen molar-refractivity contribution in [1.82, 2.24) is 0 Å². The highest BCUT2D eigenvalue weighted by molar-refractivity contribution is 7.99. The molecular weight excluding hydrogens is 300 g/mol. The molecule has 0 bridgehead atoms. The van der Waals surface area contributed by atoms with Gasteiger partial charge in [-0.15, -0.1) is 11.8 Å². The molecule has 1 aromatic carbocycles. The fourth-order valence-corrected chi connectivity index (χ4v) is 3.13. The lowest BCUT2D eigenvalue weighted by atomic mass is 10.1. The Bertz CT molecular complexity index is 540. The van der Waals surface area contributed by atoms with Crippen LogP contribution in [0, 0.1) is 0 Å². The van der Waals surface area contributed by atoms with Crippen LogP contribution in [0.25, 0.3) is 0 Å². The van der Waals surface area contributed by atoms with Crippen molar-refractivity contribution in [2.45, 2.75) is 50.8 Å². The molecule has 0 aliphatic heterocycles. The molecule has 1 rings (SSSR count). The summed E-state index contributed by atoms with van der Waals surface area (Å²) in [4.78, 5) is 11.8. The molecule has 0 spiro atoms. The predicted octanol–water partition coefficient (Wildman–Crippen LogP) is 6.38. The van der Waals surface area contributed by atoms with Crippen LogP contribution in [-0.4, -0.2) is 12.0 Å². The molecule has 2 heteroatoms. The van der Waals surface area contributed by atoms with E-state index in [2.05, 4.69) is 43.8 Å². The lowest BCUT2D eigenvalue weighted by molar-refractivity contribution is -0.104. The molecule has 0 fully saturated rings. The minimum Gasteiger partial charge on any atom is -0.298 e. The molecule has 124 valence electrons. The topological polar surface area (TPSA) is 17.1 Å². The highest BCUT2D eigenvalue weighted by Gasteiger charge is 1.97. The van der Waals surface area contributed by atoms with Crippen LogP contribution < -0.4 is 0 Å². The Kier molecular flexibility index (Phi) is 10.1. The maximum absolute atomic E-state index is 10.5. The molecular formula is C21H28OS. The monoisotopic (exact) mass is 328 g/mol. The van der Waals surface area contributed by atoms with E-state index >= 15 is 0 Å². The van der Waals surface area contributed by atoms with Gasteiger partial charge in [-0.1, -0.05) is 48.1 Å². The summed E-state index contributed by atoms with van der Waals surface area (Å²) in [6.07, 6.45) is 10.4. The molecule has 0 amide bonds. The van der Waals surface area contributed by atoms with Crippen LogP contribution in [0.5, 0.6) is 0 Å². The Morgan fingerprint density at radius 1 is 1.04 bits per heavy atom. The summed E-state index contributed by atoms with van der Waals surface area (Å²) < 4.78 is 0. The third-order valence-electron chi connectivity index (χ3n) is 3.65.